The number of ether oxygens (including phenoxy) is 1. The van der Waals surface area contributed by atoms with Gasteiger partial charge in [-0.05, 0) is 22.6 Å². The number of carbonyl (C=O) groups is 1. The number of aldehydes is 1. The Morgan fingerprint density at radius 2 is 2.19 bits per heavy atom. The molecule has 0 radical (unpaired) electrons. The summed E-state index contributed by atoms with van der Waals surface area (Å²) >= 11 is 7.12. The first-order valence-corrected chi connectivity index (χ1v) is 5.44. The Morgan fingerprint density at radius 3 is 2.62 bits per heavy atom. The van der Waals surface area contributed by atoms with Crippen molar-refractivity contribution in [2.45, 2.75) is 12.2 Å². The summed E-state index contributed by atoms with van der Waals surface area (Å²) in [6.45, 7) is 0. The highest BCUT2D eigenvalue weighted by molar-refractivity contribution is 14.1. The van der Waals surface area contributed by atoms with E-state index >= 15 is 0 Å². The van der Waals surface area contributed by atoms with Crippen LogP contribution < -0.4 is 4.74 Å². The van der Waals surface area contributed by atoms with E-state index in [2.05, 4.69) is 9.72 Å². The van der Waals surface area contributed by atoms with Gasteiger partial charge in [0.1, 0.15) is 5.69 Å². The molecule has 0 aliphatic rings. The first-order chi connectivity index (χ1) is 7.39. The summed E-state index contributed by atoms with van der Waals surface area (Å²) < 4.78 is 40.1. The van der Waals surface area contributed by atoms with Crippen molar-refractivity contribution in [1.82, 2.24) is 4.98 Å². The fourth-order valence-corrected chi connectivity index (χ4v) is 2.06. The molecule has 0 N–H and O–H groups in total. The van der Waals surface area contributed by atoms with Gasteiger partial charge in [0.2, 0.25) is 0 Å². The van der Waals surface area contributed by atoms with Gasteiger partial charge in [0, 0.05) is 11.8 Å². The highest BCUT2D eigenvalue weighted by Gasteiger charge is 2.34. The van der Waals surface area contributed by atoms with Crippen LogP contribution in [0.2, 0.25) is 0 Å². The van der Waals surface area contributed by atoms with Crippen molar-refractivity contribution in [2.75, 3.05) is 0 Å². The standard InChI is InChI=1S/C8H4ClF3INO2/c9-1-4-2-14-5(3-15)7(6(4)13)16-8(10,11)12/h2-3H,1H2. The lowest BCUT2D eigenvalue weighted by Crippen LogP contribution is -2.19. The zero-order valence-corrected chi connectivity index (χ0v) is 10.4. The number of hydrogen-bond donors (Lipinski definition) is 0. The van der Waals surface area contributed by atoms with Gasteiger partial charge < -0.3 is 4.74 Å². The van der Waals surface area contributed by atoms with Crippen LogP contribution >= 0.6 is 34.2 Å². The largest absolute Gasteiger partial charge is 0.573 e. The minimum atomic E-state index is -4.87. The Balaban J connectivity index is 3.26. The number of nitrogens with zero attached hydrogens (tertiary/aromatic N) is 1. The lowest BCUT2D eigenvalue weighted by atomic mass is 10.2. The van der Waals surface area contributed by atoms with Crippen molar-refractivity contribution in [2.24, 2.45) is 0 Å². The Hall–Kier alpha value is -0.570. The molecule has 0 amide bonds. The summed E-state index contributed by atoms with van der Waals surface area (Å²) in [6.07, 6.45) is -3.44. The highest BCUT2D eigenvalue weighted by atomic mass is 127. The van der Waals surface area contributed by atoms with E-state index in [1.165, 1.54) is 6.20 Å². The van der Waals surface area contributed by atoms with Crippen molar-refractivity contribution in [3.05, 3.63) is 21.0 Å². The molecule has 0 aromatic carbocycles. The van der Waals surface area contributed by atoms with Gasteiger partial charge in [0.25, 0.3) is 0 Å². The predicted molar refractivity (Wildman–Crippen MR) is 58.6 cm³/mol. The van der Waals surface area contributed by atoms with Gasteiger partial charge >= 0.3 is 6.36 Å². The van der Waals surface area contributed by atoms with Crippen molar-refractivity contribution in [3.63, 3.8) is 0 Å². The molecule has 8 heteroatoms. The molecule has 0 unspecified atom stereocenters. The average molecular weight is 365 g/mol. The molecule has 0 aliphatic heterocycles. The van der Waals surface area contributed by atoms with Gasteiger partial charge in [0.15, 0.2) is 12.0 Å². The SMILES string of the molecule is O=Cc1ncc(CCl)c(I)c1OC(F)(F)F. The van der Waals surface area contributed by atoms with Crippen molar-refractivity contribution < 1.29 is 22.7 Å². The van der Waals surface area contributed by atoms with Crippen LogP contribution in [0.3, 0.4) is 0 Å². The van der Waals surface area contributed by atoms with E-state index in [4.69, 9.17) is 11.6 Å². The van der Waals surface area contributed by atoms with Crippen LogP contribution in [0.1, 0.15) is 16.1 Å². The zero-order valence-electron chi connectivity index (χ0n) is 7.52. The maximum atomic E-state index is 12.1. The number of pyridine rings is 1. The van der Waals surface area contributed by atoms with Gasteiger partial charge in [-0.1, -0.05) is 0 Å². The molecule has 1 heterocycles. The molecule has 1 aromatic heterocycles. The summed E-state index contributed by atoms with van der Waals surface area (Å²) in [5.74, 6) is -0.625. The van der Waals surface area contributed by atoms with E-state index in [1.54, 1.807) is 22.6 Å². The van der Waals surface area contributed by atoms with Crippen molar-refractivity contribution in [1.29, 1.82) is 0 Å². The fourth-order valence-electron chi connectivity index (χ4n) is 0.911. The molecule has 0 spiro atoms. The normalized spacial score (nSPS) is 11.3. The van der Waals surface area contributed by atoms with Crippen LogP contribution in [-0.2, 0) is 5.88 Å². The van der Waals surface area contributed by atoms with Crippen LogP contribution in [-0.4, -0.2) is 17.6 Å². The monoisotopic (exact) mass is 365 g/mol. The molecule has 1 aromatic rings. The number of rotatable bonds is 3. The van der Waals surface area contributed by atoms with Crippen LogP contribution in [0.25, 0.3) is 0 Å². The van der Waals surface area contributed by atoms with Crippen LogP contribution in [0, 0.1) is 3.57 Å². The first-order valence-electron chi connectivity index (χ1n) is 3.83. The maximum absolute atomic E-state index is 12.1. The number of halogens is 5. The molecule has 3 nitrogen and oxygen atoms in total. The third kappa shape index (κ3) is 3.21. The quantitative estimate of drug-likeness (QED) is 0.469. The van der Waals surface area contributed by atoms with Crippen molar-refractivity contribution >= 4 is 40.5 Å². The molecule has 1 rings (SSSR count). The first kappa shape index (κ1) is 13.5. The summed E-state index contributed by atoms with van der Waals surface area (Å²) in [7, 11) is 0. The van der Waals surface area contributed by atoms with Gasteiger partial charge in [0.05, 0.1) is 9.45 Å². The number of alkyl halides is 4. The molecular formula is C8H4ClF3INO2. The van der Waals surface area contributed by atoms with E-state index in [9.17, 15) is 18.0 Å². The molecule has 88 valence electrons. The third-order valence-electron chi connectivity index (χ3n) is 1.55. The van der Waals surface area contributed by atoms with E-state index in [-0.39, 0.29) is 15.7 Å². The smallest absolute Gasteiger partial charge is 0.402 e. The summed E-state index contributed by atoms with van der Waals surface area (Å²) in [4.78, 5) is 14.0. The molecule has 0 saturated carbocycles. The lowest BCUT2D eigenvalue weighted by molar-refractivity contribution is -0.275. The average Bonchev–Trinajstić information content (AvgIpc) is 2.19. The molecular weight excluding hydrogens is 361 g/mol. The molecule has 16 heavy (non-hydrogen) atoms. The Bertz CT molecular complexity index is 411. The summed E-state index contributed by atoms with van der Waals surface area (Å²) in [5.41, 5.74) is -0.0392. The summed E-state index contributed by atoms with van der Waals surface area (Å²) in [5, 5.41) is 0. The summed E-state index contributed by atoms with van der Waals surface area (Å²) in [6, 6.07) is 0. The molecule has 0 aliphatic carbocycles. The van der Waals surface area contributed by atoms with Crippen LogP contribution in [0.5, 0.6) is 5.75 Å². The maximum Gasteiger partial charge on any atom is 0.573 e. The van der Waals surface area contributed by atoms with Crippen LogP contribution in [0.15, 0.2) is 6.20 Å². The Kier molecular flexibility index (Phi) is 4.36. The minimum Gasteiger partial charge on any atom is -0.402 e. The second-order valence-electron chi connectivity index (χ2n) is 2.61. The molecule has 0 fully saturated rings. The van der Waals surface area contributed by atoms with Gasteiger partial charge in [-0.2, -0.15) is 0 Å². The second kappa shape index (κ2) is 5.17. The number of aromatic nitrogens is 1. The van der Waals surface area contributed by atoms with E-state index < -0.39 is 17.8 Å². The Morgan fingerprint density at radius 1 is 1.56 bits per heavy atom. The minimum absolute atomic E-state index is 0.0153. The predicted octanol–water partition coefficient (Wildman–Crippen LogP) is 3.14. The molecule has 0 bridgehead atoms. The van der Waals surface area contributed by atoms with Crippen molar-refractivity contribution in [3.8, 4) is 5.75 Å². The third-order valence-corrected chi connectivity index (χ3v) is 3.02. The number of carbonyl (C=O) groups excluding carboxylic acids is 1. The molecule has 0 saturated heterocycles. The highest BCUT2D eigenvalue weighted by Crippen LogP contribution is 2.32. The Labute approximate surface area is 107 Å². The topological polar surface area (TPSA) is 39.2 Å². The van der Waals surface area contributed by atoms with Gasteiger partial charge in [-0.3, -0.25) is 4.79 Å². The second-order valence-corrected chi connectivity index (χ2v) is 3.96. The fraction of sp³-hybridized carbons (Fsp3) is 0.250. The van der Waals surface area contributed by atoms with Crippen LogP contribution in [0.4, 0.5) is 13.2 Å². The van der Waals surface area contributed by atoms with E-state index in [0.29, 0.717) is 5.56 Å². The zero-order chi connectivity index (χ0) is 12.3. The van der Waals surface area contributed by atoms with E-state index in [1.807, 2.05) is 0 Å². The van der Waals surface area contributed by atoms with Gasteiger partial charge in [-0.25, -0.2) is 4.98 Å². The molecule has 0 atom stereocenters. The van der Waals surface area contributed by atoms with E-state index in [0.717, 1.165) is 0 Å². The lowest BCUT2D eigenvalue weighted by Gasteiger charge is -2.13. The van der Waals surface area contributed by atoms with Gasteiger partial charge in [-0.15, -0.1) is 24.8 Å². The number of hydrogen-bond acceptors (Lipinski definition) is 3.